The third kappa shape index (κ3) is 2.61. The summed E-state index contributed by atoms with van der Waals surface area (Å²) in [6.07, 6.45) is 2.17. The monoisotopic (exact) mass is 254 g/mol. The van der Waals surface area contributed by atoms with Gasteiger partial charge in [0, 0.05) is 13.1 Å². The molecule has 0 radical (unpaired) electrons. The highest BCUT2D eigenvalue weighted by Crippen LogP contribution is 2.17. The standard InChI is InChI=1S/C11H18N4O3/c1-3-4-15-10(7-12-13-15)14-5-6-18-9(8-14)11(16)17-2/h7,9H,3-6,8H2,1-2H3. The zero-order valence-electron chi connectivity index (χ0n) is 10.7. The number of aryl methyl sites for hydroxylation is 1. The third-order valence-corrected chi connectivity index (χ3v) is 2.89. The van der Waals surface area contributed by atoms with Crippen molar-refractivity contribution in [2.75, 3.05) is 31.7 Å². The molecule has 18 heavy (non-hydrogen) atoms. The van der Waals surface area contributed by atoms with Gasteiger partial charge < -0.3 is 14.4 Å². The first-order valence-electron chi connectivity index (χ1n) is 6.09. The summed E-state index contributed by atoms with van der Waals surface area (Å²) in [5.41, 5.74) is 0. The zero-order chi connectivity index (χ0) is 13.0. The summed E-state index contributed by atoms with van der Waals surface area (Å²) in [5, 5.41) is 7.96. The van der Waals surface area contributed by atoms with E-state index in [4.69, 9.17) is 9.47 Å². The highest BCUT2D eigenvalue weighted by Gasteiger charge is 2.28. The van der Waals surface area contributed by atoms with E-state index >= 15 is 0 Å². The fourth-order valence-corrected chi connectivity index (χ4v) is 2.00. The Kier molecular flexibility index (Phi) is 4.14. The van der Waals surface area contributed by atoms with Crippen LogP contribution in [-0.2, 0) is 20.8 Å². The Bertz CT molecular complexity index is 407. The van der Waals surface area contributed by atoms with Gasteiger partial charge in [-0.1, -0.05) is 12.1 Å². The van der Waals surface area contributed by atoms with Gasteiger partial charge in [0.15, 0.2) is 6.10 Å². The smallest absolute Gasteiger partial charge is 0.336 e. The number of hydrogen-bond acceptors (Lipinski definition) is 6. The van der Waals surface area contributed by atoms with Crippen LogP contribution in [0, 0.1) is 0 Å². The van der Waals surface area contributed by atoms with Crippen molar-refractivity contribution >= 4 is 11.8 Å². The van der Waals surface area contributed by atoms with Crippen molar-refractivity contribution in [2.45, 2.75) is 26.0 Å². The minimum atomic E-state index is -0.534. The second kappa shape index (κ2) is 5.81. The molecule has 1 fully saturated rings. The van der Waals surface area contributed by atoms with Crippen molar-refractivity contribution in [3.63, 3.8) is 0 Å². The SMILES string of the molecule is CCCn1nncc1N1CCOC(C(=O)OC)C1. The lowest BCUT2D eigenvalue weighted by Gasteiger charge is -2.32. The summed E-state index contributed by atoms with van der Waals surface area (Å²) in [6, 6.07) is 0. The second-order valence-corrected chi connectivity index (χ2v) is 4.14. The van der Waals surface area contributed by atoms with E-state index in [0.717, 1.165) is 25.3 Å². The maximum atomic E-state index is 11.5. The normalized spacial score (nSPS) is 19.9. The van der Waals surface area contributed by atoms with Gasteiger partial charge in [-0.05, 0) is 6.42 Å². The van der Waals surface area contributed by atoms with Gasteiger partial charge in [0.2, 0.25) is 0 Å². The summed E-state index contributed by atoms with van der Waals surface area (Å²) in [5.74, 6) is 0.586. The molecule has 0 saturated carbocycles. The molecule has 1 atom stereocenters. The van der Waals surface area contributed by atoms with E-state index in [0.29, 0.717) is 13.2 Å². The maximum absolute atomic E-state index is 11.5. The average molecular weight is 254 g/mol. The van der Waals surface area contributed by atoms with Gasteiger partial charge in [0.1, 0.15) is 5.82 Å². The number of ether oxygens (including phenoxy) is 2. The van der Waals surface area contributed by atoms with Gasteiger partial charge in [-0.25, -0.2) is 9.48 Å². The first-order valence-corrected chi connectivity index (χ1v) is 6.09. The highest BCUT2D eigenvalue weighted by molar-refractivity contribution is 5.75. The van der Waals surface area contributed by atoms with Crippen LogP contribution in [0.25, 0.3) is 0 Å². The van der Waals surface area contributed by atoms with Gasteiger partial charge in [-0.2, -0.15) is 0 Å². The predicted molar refractivity (Wildman–Crippen MR) is 64.3 cm³/mol. The third-order valence-electron chi connectivity index (χ3n) is 2.89. The van der Waals surface area contributed by atoms with E-state index in [9.17, 15) is 4.79 Å². The molecule has 1 aromatic heterocycles. The molecule has 0 N–H and O–H groups in total. The Morgan fingerprint density at radius 3 is 3.22 bits per heavy atom. The molecule has 7 heteroatoms. The Morgan fingerprint density at radius 1 is 1.67 bits per heavy atom. The number of aromatic nitrogens is 3. The molecule has 1 aliphatic heterocycles. The van der Waals surface area contributed by atoms with Crippen LogP contribution in [0.2, 0.25) is 0 Å². The number of methoxy groups -OCH3 is 1. The number of morpholine rings is 1. The number of nitrogens with zero attached hydrogens (tertiary/aromatic N) is 4. The summed E-state index contributed by atoms with van der Waals surface area (Å²) < 4.78 is 11.9. The van der Waals surface area contributed by atoms with Crippen molar-refractivity contribution in [3.05, 3.63) is 6.20 Å². The van der Waals surface area contributed by atoms with E-state index in [-0.39, 0.29) is 5.97 Å². The van der Waals surface area contributed by atoms with Crippen molar-refractivity contribution in [1.29, 1.82) is 0 Å². The van der Waals surface area contributed by atoms with Gasteiger partial charge in [0.25, 0.3) is 0 Å². The van der Waals surface area contributed by atoms with Crippen LogP contribution in [-0.4, -0.2) is 53.9 Å². The van der Waals surface area contributed by atoms with Crippen LogP contribution in [0.4, 0.5) is 5.82 Å². The quantitative estimate of drug-likeness (QED) is 0.708. The molecule has 0 amide bonds. The van der Waals surface area contributed by atoms with Crippen LogP contribution in [0.5, 0.6) is 0 Å². The molecule has 7 nitrogen and oxygen atoms in total. The number of rotatable bonds is 4. The molecule has 0 spiro atoms. The van der Waals surface area contributed by atoms with Crippen LogP contribution < -0.4 is 4.90 Å². The molecule has 1 unspecified atom stereocenters. The summed E-state index contributed by atoms with van der Waals surface area (Å²) in [4.78, 5) is 13.5. The molecule has 1 aromatic rings. The largest absolute Gasteiger partial charge is 0.467 e. The van der Waals surface area contributed by atoms with Crippen molar-refractivity contribution in [1.82, 2.24) is 15.0 Å². The van der Waals surface area contributed by atoms with Crippen LogP contribution >= 0.6 is 0 Å². The topological polar surface area (TPSA) is 69.5 Å². The lowest BCUT2D eigenvalue weighted by atomic mass is 10.2. The zero-order valence-corrected chi connectivity index (χ0v) is 10.7. The molecular formula is C11H18N4O3. The number of carbonyl (C=O) groups excluding carboxylic acids is 1. The first kappa shape index (κ1) is 12.8. The first-order chi connectivity index (χ1) is 8.76. The minimum Gasteiger partial charge on any atom is -0.467 e. The molecule has 2 rings (SSSR count). The Labute approximate surface area is 106 Å². The van der Waals surface area contributed by atoms with E-state index in [1.54, 1.807) is 6.20 Å². The van der Waals surface area contributed by atoms with E-state index in [1.807, 2.05) is 4.68 Å². The van der Waals surface area contributed by atoms with Crippen molar-refractivity contribution < 1.29 is 14.3 Å². The fraction of sp³-hybridized carbons (Fsp3) is 0.727. The molecule has 0 bridgehead atoms. The summed E-state index contributed by atoms with van der Waals surface area (Å²) in [6.45, 7) is 4.60. The number of esters is 1. The predicted octanol–water partition coefficient (Wildman–Crippen LogP) is 0.0663. The lowest BCUT2D eigenvalue weighted by Crippen LogP contribution is -2.47. The van der Waals surface area contributed by atoms with Crippen LogP contribution in [0.3, 0.4) is 0 Å². The Hall–Kier alpha value is -1.63. The number of anilines is 1. The minimum absolute atomic E-state index is 0.339. The van der Waals surface area contributed by atoms with Crippen LogP contribution in [0.1, 0.15) is 13.3 Å². The molecule has 1 aliphatic rings. The number of hydrogen-bond donors (Lipinski definition) is 0. The van der Waals surface area contributed by atoms with Gasteiger partial charge in [-0.15, -0.1) is 5.10 Å². The Balaban J connectivity index is 2.08. The van der Waals surface area contributed by atoms with E-state index in [1.165, 1.54) is 7.11 Å². The highest BCUT2D eigenvalue weighted by atomic mass is 16.6. The van der Waals surface area contributed by atoms with E-state index in [2.05, 4.69) is 22.1 Å². The lowest BCUT2D eigenvalue weighted by molar-refractivity contribution is -0.154. The fourth-order valence-electron chi connectivity index (χ4n) is 2.00. The molecule has 1 saturated heterocycles. The van der Waals surface area contributed by atoms with Crippen LogP contribution in [0.15, 0.2) is 6.20 Å². The van der Waals surface area contributed by atoms with Gasteiger partial charge >= 0.3 is 5.97 Å². The molecule has 2 heterocycles. The van der Waals surface area contributed by atoms with Gasteiger partial charge in [0.05, 0.1) is 26.5 Å². The second-order valence-electron chi connectivity index (χ2n) is 4.14. The Morgan fingerprint density at radius 2 is 2.50 bits per heavy atom. The molecule has 0 aliphatic carbocycles. The number of carbonyl (C=O) groups is 1. The molecule has 100 valence electrons. The average Bonchev–Trinajstić information content (AvgIpc) is 2.87. The molecular weight excluding hydrogens is 236 g/mol. The van der Waals surface area contributed by atoms with E-state index < -0.39 is 6.10 Å². The molecule has 0 aromatic carbocycles. The summed E-state index contributed by atoms with van der Waals surface area (Å²) in [7, 11) is 1.37. The van der Waals surface area contributed by atoms with Crippen molar-refractivity contribution in [3.8, 4) is 0 Å². The summed E-state index contributed by atoms with van der Waals surface area (Å²) >= 11 is 0. The maximum Gasteiger partial charge on any atom is 0.336 e. The van der Waals surface area contributed by atoms with Crippen molar-refractivity contribution in [2.24, 2.45) is 0 Å². The van der Waals surface area contributed by atoms with Gasteiger partial charge in [-0.3, -0.25) is 0 Å².